The first-order chi connectivity index (χ1) is 13.0. The molecule has 0 saturated heterocycles. The van der Waals surface area contributed by atoms with Crippen LogP contribution in [-0.2, 0) is 4.84 Å². The van der Waals surface area contributed by atoms with Crippen LogP contribution in [-0.4, -0.2) is 37.7 Å². The van der Waals surface area contributed by atoms with E-state index in [9.17, 15) is 0 Å². The summed E-state index contributed by atoms with van der Waals surface area (Å²) >= 11 is 5.97. The molecule has 1 aliphatic rings. The van der Waals surface area contributed by atoms with Gasteiger partial charge in [-0.1, -0.05) is 28.9 Å². The second-order valence-corrected chi connectivity index (χ2v) is 6.98. The topological polar surface area (TPSA) is 46.4 Å². The van der Waals surface area contributed by atoms with Gasteiger partial charge >= 0.3 is 0 Å². The third-order valence-electron chi connectivity index (χ3n) is 4.63. The van der Waals surface area contributed by atoms with Crippen molar-refractivity contribution < 1.29 is 9.57 Å². The van der Waals surface area contributed by atoms with Crippen LogP contribution in [0.15, 0.2) is 46.5 Å². The van der Waals surface area contributed by atoms with Crippen molar-refractivity contribution >= 4 is 29.3 Å². The maximum absolute atomic E-state index is 5.97. The highest BCUT2D eigenvalue weighted by molar-refractivity contribution is 6.30. The van der Waals surface area contributed by atoms with Gasteiger partial charge in [0.2, 0.25) is 0 Å². The molecule has 3 rings (SSSR count). The summed E-state index contributed by atoms with van der Waals surface area (Å²) in [6, 6.07) is 11.7. The maximum Gasteiger partial charge on any atom is 0.161 e. The molecule has 0 saturated carbocycles. The van der Waals surface area contributed by atoms with Crippen molar-refractivity contribution in [1.82, 2.24) is 4.90 Å². The maximum atomic E-state index is 5.97. The first-order valence-electron chi connectivity index (χ1n) is 8.93. The Labute approximate surface area is 165 Å². The average molecular weight is 386 g/mol. The van der Waals surface area contributed by atoms with Gasteiger partial charge in [0.25, 0.3) is 0 Å². The molecular formula is C21H24ClN3O2. The number of benzene rings is 2. The van der Waals surface area contributed by atoms with Crippen molar-refractivity contribution in [2.24, 2.45) is 10.1 Å². The Morgan fingerprint density at radius 1 is 1.33 bits per heavy atom. The molecule has 0 fully saturated rings. The van der Waals surface area contributed by atoms with Gasteiger partial charge in [0, 0.05) is 36.7 Å². The van der Waals surface area contributed by atoms with Crippen LogP contribution in [0, 0.1) is 6.92 Å². The lowest BCUT2D eigenvalue weighted by molar-refractivity contribution is 0.0836. The van der Waals surface area contributed by atoms with E-state index < -0.39 is 0 Å². The van der Waals surface area contributed by atoms with Crippen LogP contribution in [0.1, 0.15) is 36.1 Å². The molecule has 1 aliphatic heterocycles. The van der Waals surface area contributed by atoms with Gasteiger partial charge in [0.1, 0.15) is 5.75 Å². The predicted molar refractivity (Wildman–Crippen MR) is 111 cm³/mol. The van der Waals surface area contributed by atoms with Crippen LogP contribution in [0.25, 0.3) is 0 Å². The molecule has 0 bridgehead atoms. The summed E-state index contributed by atoms with van der Waals surface area (Å²) in [6.45, 7) is 5.02. The first kappa shape index (κ1) is 19.2. The summed E-state index contributed by atoms with van der Waals surface area (Å²) in [5.41, 5.74) is 4.85. The fourth-order valence-corrected chi connectivity index (χ4v) is 2.99. The van der Waals surface area contributed by atoms with E-state index in [1.165, 1.54) is 0 Å². The molecule has 1 unspecified atom stereocenters. The molecule has 27 heavy (non-hydrogen) atoms. The highest BCUT2D eigenvalue weighted by Crippen LogP contribution is 2.38. The van der Waals surface area contributed by atoms with E-state index in [1.807, 2.05) is 55.5 Å². The number of hydrogen-bond acceptors (Lipinski definition) is 4. The zero-order chi connectivity index (χ0) is 19.4. The van der Waals surface area contributed by atoms with E-state index in [-0.39, 0.29) is 6.10 Å². The molecule has 6 heteroatoms. The fraction of sp³-hybridized carbons (Fsp3) is 0.333. The molecule has 0 spiro atoms. The summed E-state index contributed by atoms with van der Waals surface area (Å²) in [6.07, 6.45) is 2.33. The monoisotopic (exact) mass is 385 g/mol. The first-order valence-corrected chi connectivity index (χ1v) is 9.31. The van der Waals surface area contributed by atoms with E-state index in [2.05, 4.69) is 23.1 Å². The van der Waals surface area contributed by atoms with Crippen molar-refractivity contribution in [3.8, 4) is 5.75 Å². The lowest BCUT2D eigenvalue weighted by Crippen LogP contribution is -2.14. The van der Waals surface area contributed by atoms with Gasteiger partial charge in [-0.2, -0.15) is 0 Å². The van der Waals surface area contributed by atoms with Gasteiger partial charge in [-0.05, 0) is 43.2 Å². The Kier molecular flexibility index (Phi) is 6.01. The molecule has 0 radical (unpaired) electrons. The SMILES string of the molecule is CCN(C)/C=N\c1cc(OC)c(C2CC(c3ccc(Cl)cc3)=NO2)cc1C. The van der Waals surface area contributed by atoms with Crippen LogP contribution in [0.2, 0.25) is 5.02 Å². The zero-order valence-corrected chi connectivity index (χ0v) is 16.8. The summed E-state index contributed by atoms with van der Waals surface area (Å²) in [5.74, 6) is 0.754. The minimum atomic E-state index is -0.180. The number of methoxy groups -OCH3 is 1. The lowest BCUT2D eigenvalue weighted by atomic mass is 9.97. The number of hydrogen-bond donors (Lipinski definition) is 0. The Morgan fingerprint density at radius 3 is 2.74 bits per heavy atom. The molecule has 142 valence electrons. The molecule has 1 heterocycles. The van der Waals surface area contributed by atoms with E-state index in [0.29, 0.717) is 11.4 Å². The molecule has 2 aromatic carbocycles. The molecule has 2 aromatic rings. The smallest absolute Gasteiger partial charge is 0.161 e. The molecule has 1 atom stereocenters. The molecule has 0 aliphatic carbocycles. The highest BCUT2D eigenvalue weighted by atomic mass is 35.5. The zero-order valence-electron chi connectivity index (χ0n) is 16.1. The van der Waals surface area contributed by atoms with Gasteiger partial charge in [-0.25, -0.2) is 4.99 Å². The Balaban J connectivity index is 1.82. The molecular weight excluding hydrogens is 362 g/mol. The molecule has 0 N–H and O–H groups in total. The van der Waals surface area contributed by atoms with Crippen molar-refractivity contribution in [2.45, 2.75) is 26.4 Å². The molecule has 0 amide bonds. The highest BCUT2D eigenvalue weighted by Gasteiger charge is 2.27. The van der Waals surface area contributed by atoms with E-state index in [1.54, 1.807) is 7.11 Å². The standard InChI is InChI=1S/C21H24ClN3O2/c1-5-25(3)13-23-18-11-20(26-4)17(10-14(18)2)21-12-19(24-27-21)15-6-8-16(22)9-7-15/h6-11,13,21H,5,12H2,1-4H3/b23-13-. The Bertz CT molecular complexity index is 862. The number of oxime groups is 1. The van der Waals surface area contributed by atoms with Crippen molar-refractivity contribution in [1.29, 1.82) is 0 Å². The predicted octanol–water partition coefficient (Wildman–Crippen LogP) is 5.13. The third-order valence-corrected chi connectivity index (χ3v) is 4.89. The number of aryl methyl sites for hydroxylation is 1. The average Bonchev–Trinajstić information content (AvgIpc) is 3.17. The largest absolute Gasteiger partial charge is 0.496 e. The van der Waals surface area contributed by atoms with Crippen molar-refractivity contribution in [2.75, 3.05) is 20.7 Å². The minimum absolute atomic E-state index is 0.180. The summed E-state index contributed by atoms with van der Waals surface area (Å²) in [4.78, 5) is 12.3. The summed E-state index contributed by atoms with van der Waals surface area (Å²) in [5, 5.41) is 4.98. The third kappa shape index (κ3) is 4.42. The van der Waals surface area contributed by atoms with Gasteiger partial charge in [0.05, 0.1) is 24.8 Å². The van der Waals surface area contributed by atoms with Crippen LogP contribution in [0.4, 0.5) is 5.69 Å². The van der Waals surface area contributed by atoms with Crippen LogP contribution >= 0.6 is 11.6 Å². The molecule has 0 aromatic heterocycles. The number of aliphatic imine (C=N–C) groups is 1. The second kappa shape index (κ2) is 8.44. The van der Waals surface area contributed by atoms with Gasteiger partial charge < -0.3 is 14.5 Å². The van der Waals surface area contributed by atoms with E-state index in [4.69, 9.17) is 21.2 Å². The second-order valence-electron chi connectivity index (χ2n) is 6.54. The van der Waals surface area contributed by atoms with Crippen molar-refractivity contribution in [3.05, 3.63) is 58.1 Å². The Hall–Kier alpha value is -2.53. The van der Waals surface area contributed by atoms with Gasteiger partial charge in [-0.3, -0.25) is 0 Å². The quantitative estimate of drug-likeness (QED) is 0.511. The van der Waals surface area contributed by atoms with Gasteiger partial charge in [-0.15, -0.1) is 0 Å². The number of halogens is 1. The van der Waals surface area contributed by atoms with Crippen LogP contribution in [0.3, 0.4) is 0 Å². The minimum Gasteiger partial charge on any atom is -0.496 e. The summed E-state index contributed by atoms with van der Waals surface area (Å²) in [7, 11) is 3.65. The summed E-state index contributed by atoms with van der Waals surface area (Å²) < 4.78 is 5.61. The molecule has 5 nitrogen and oxygen atoms in total. The van der Waals surface area contributed by atoms with E-state index >= 15 is 0 Å². The fourth-order valence-electron chi connectivity index (χ4n) is 2.87. The Morgan fingerprint density at radius 2 is 2.07 bits per heavy atom. The normalized spacial score (nSPS) is 16.3. The number of rotatable bonds is 6. The van der Waals surface area contributed by atoms with Crippen LogP contribution in [0.5, 0.6) is 5.75 Å². The van der Waals surface area contributed by atoms with Gasteiger partial charge in [0.15, 0.2) is 6.10 Å². The van der Waals surface area contributed by atoms with E-state index in [0.717, 1.165) is 40.4 Å². The number of nitrogens with zero attached hydrogens (tertiary/aromatic N) is 3. The lowest BCUT2D eigenvalue weighted by Gasteiger charge is -2.16. The van der Waals surface area contributed by atoms with Crippen molar-refractivity contribution in [3.63, 3.8) is 0 Å². The van der Waals surface area contributed by atoms with Crippen LogP contribution < -0.4 is 4.74 Å². The number of ether oxygens (including phenoxy) is 1.